The van der Waals surface area contributed by atoms with E-state index in [0.717, 1.165) is 0 Å². The van der Waals surface area contributed by atoms with Gasteiger partial charge in [0.05, 0.1) is 6.61 Å². The van der Waals surface area contributed by atoms with E-state index in [4.69, 9.17) is 5.11 Å². The molecule has 56 valence electrons. The van der Waals surface area contributed by atoms with E-state index in [0.29, 0.717) is 0 Å². The maximum absolute atomic E-state index is 10.3. The molecule has 4 nitrogen and oxygen atoms in total. The van der Waals surface area contributed by atoms with Crippen molar-refractivity contribution in [2.45, 2.75) is 13.3 Å². The van der Waals surface area contributed by atoms with E-state index in [-0.39, 0.29) is 47.2 Å². The number of carbonyl (C=O) groups excluding carboxylic acids is 1. The maximum Gasteiger partial charge on any atom is 1.00 e. The van der Waals surface area contributed by atoms with Crippen LogP contribution in [0.4, 0.5) is 0 Å². The van der Waals surface area contributed by atoms with Crippen LogP contribution < -0.4 is 37.7 Å². The van der Waals surface area contributed by atoms with Crippen LogP contribution in [0.2, 0.25) is 0 Å². The maximum atomic E-state index is 10.3. The number of esters is 1. The molecule has 0 aliphatic rings. The van der Waals surface area contributed by atoms with Crippen LogP contribution in [0, 0.1) is 0 Å². The van der Waals surface area contributed by atoms with E-state index < -0.39 is 18.4 Å². The normalized spacial score (nSPS) is 7.00. The van der Waals surface area contributed by atoms with Crippen molar-refractivity contribution in [3.8, 4) is 0 Å². The molecule has 0 aromatic heterocycles. The van der Waals surface area contributed by atoms with Crippen LogP contribution in [-0.2, 0) is 14.3 Å². The summed E-state index contributed by atoms with van der Waals surface area (Å²) < 4.78 is 4.33. The second-order valence-corrected chi connectivity index (χ2v) is 1.38. The van der Waals surface area contributed by atoms with Crippen LogP contribution in [0.25, 0.3) is 0 Å². The number of carboxylic acid groups (broad SMARTS) is 1. The van der Waals surface area contributed by atoms with Crippen molar-refractivity contribution in [3.63, 3.8) is 0 Å². The third kappa shape index (κ3) is 13.2. The summed E-state index contributed by atoms with van der Waals surface area (Å²) in [6, 6.07) is 0. The number of carbonyl (C=O) groups is 2. The van der Waals surface area contributed by atoms with Gasteiger partial charge >= 0.3 is 49.7 Å². The van der Waals surface area contributed by atoms with Crippen LogP contribution in [0.3, 0.4) is 0 Å². The zero-order chi connectivity index (χ0) is 7.28. The topological polar surface area (TPSA) is 63.6 Å². The van der Waals surface area contributed by atoms with Gasteiger partial charge in [0.2, 0.25) is 0 Å². The Kier molecular flexibility index (Phi) is 15.9. The fraction of sp³-hybridized carbons (Fsp3) is 0.600. The molecule has 1 N–H and O–H groups in total. The van der Waals surface area contributed by atoms with Crippen molar-refractivity contribution in [3.05, 3.63) is 0 Å². The summed E-state index contributed by atoms with van der Waals surface area (Å²) in [7, 11) is 0. The van der Waals surface area contributed by atoms with Gasteiger partial charge in [0.1, 0.15) is 6.42 Å². The van der Waals surface area contributed by atoms with Gasteiger partial charge in [-0.1, -0.05) is 0 Å². The predicted molar refractivity (Wildman–Crippen MR) is 31.1 cm³/mol. The number of rotatable bonds is 3. The zero-order valence-electron chi connectivity index (χ0n) is 9.09. The smallest absolute Gasteiger partial charge is 1.00 e. The molecule has 0 heterocycles. The van der Waals surface area contributed by atoms with Crippen LogP contribution in [0.1, 0.15) is 16.2 Å². The van der Waals surface area contributed by atoms with Crippen molar-refractivity contribution in [2.75, 3.05) is 6.61 Å². The summed E-state index contributed by atoms with van der Waals surface area (Å²) in [6.45, 7) is 1.85. The molecular weight excluding hydrogens is 138 g/mol. The Morgan fingerprint density at radius 3 is 2.18 bits per heavy atom. The number of carboxylic acids is 1. The molecule has 0 atom stereocenters. The molecule has 0 bridgehead atoms. The molecule has 0 unspecified atom stereocenters. The molecule has 0 aliphatic heterocycles. The first-order chi connectivity index (χ1) is 4.16. The monoisotopic (exact) mass is 148 g/mol. The Labute approximate surface area is 92.0 Å². The third-order valence-electron chi connectivity index (χ3n) is 0.601. The molecule has 0 aromatic carbocycles. The van der Waals surface area contributed by atoms with Gasteiger partial charge in [0.15, 0.2) is 0 Å². The molecule has 0 saturated carbocycles. The predicted octanol–water partition coefficient (Wildman–Crippen LogP) is -5.74. The average Bonchev–Trinajstić information content (AvgIpc) is 1.63. The fourth-order valence-corrected chi connectivity index (χ4v) is 0.335. The number of ether oxygens (including phenoxy) is 1. The molecule has 0 spiro atoms. The minimum atomic E-state index is -1.16. The molecule has 6 heteroatoms. The number of hydrogen-bond donors (Lipinski definition) is 1. The first kappa shape index (κ1) is 17.3. The van der Waals surface area contributed by atoms with Gasteiger partial charge in [-0.15, -0.1) is 0 Å². The SMILES string of the molecule is CCOC(=O)CC(=O)O.[H-].[H-].[Li+].[Li+]. The Morgan fingerprint density at radius 2 is 1.91 bits per heavy atom. The Balaban J connectivity index is -0.0000000533. The first-order valence-corrected chi connectivity index (χ1v) is 2.54. The fourth-order valence-electron chi connectivity index (χ4n) is 0.335. The van der Waals surface area contributed by atoms with Crippen LogP contribution in [0.5, 0.6) is 0 Å². The molecule has 0 radical (unpaired) electrons. The number of aliphatic carboxylic acids is 1. The van der Waals surface area contributed by atoms with Gasteiger partial charge in [-0.2, -0.15) is 0 Å². The van der Waals surface area contributed by atoms with E-state index in [1.54, 1.807) is 6.92 Å². The van der Waals surface area contributed by atoms with E-state index >= 15 is 0 Å². The molecule has 11 heavy (non-hydrogen) atoms. The summed E-state index contributed by atoms with van der Waals surface area (Å²) in [5.74, 6) is -1.85. The summed E-state index contributed by atoms with van der Waals surface area (Å²) in [5.41, 5.74) is 0. The first-order valence-electron chi connectivity index (χ1n) is 2.54. The van der Waals surface area contributed by atoms with Crippen molar-refractivity contribution in [2.24, 2.45) is 0 Å². The number of hydrogen-bond acceptors (Lipinski definition) is 3. The molecule has 0 rings (SSSR count). The third-order valence-corrected chi connectivity index (χ3v) is 0.601. The minimum absolute atomic E-state index is 0. The molecule has 0 saturated heterocycles. The molecule has 0 aliphatic carbocycles. The standard InChI is InChI=1S/C5H8O4.2Li.2H/c1-2-9-5(8)3-4(6)7;;;;/h2-3H2,1H3,(H,6,7);;;;/q;2*+1;2*-1. The second-order valence-electron chi connectivity index (χ2n) is 1.38. The van der Waals surface area contributed by atoms with E-state index in [2.05, 4.69) is 4.74 Å². The van der Waals surface area contributed by atoms with Gasteiger partial charge in [-0.25, -0.2) is 0 Å². The molecule has 0 aromatic rings. The van der Waals surface area contributed by atoms with Crippen molar-refractivity contribution < 1.29 is 60.0 Å². The van der Waals surface area contributed by atoms with Crippen LogP contribution in [0.15, 0.2) is 0 Å². The Hall–Kier alpha value is 0.135. The second kappa shape index (κ2) is 10.1. The summed E-state index contributed by atoms with van der Waals surface area (Å²) >= 11 is 0. The van der Waals surface area contributed by atoms with Gasteiger partial charge in [-0.3, -0.25) is 9.59 Å². The quantitative estimate of drug-likeness (QED) is 0.246. The summed E-state index contributed by atoms with van der Waals surface area (Å²) in [6.07, 6.45) is -0.548. The molecule has 0 amide bonds. The van der Waals surface area contributed by atoms with E-state index in [1.165, 1.54) is 0 Å². The van der Waals surface area contributed by atoms with E-state index in [1.807, 2.05) is 0 Å². The average molecular weight is 148 g/mol. The van der Waals surface area contributed by atoms with Crippen molar-refractivity contribution in [1.82, 2.24) is 0 Å². The van der Waals surface area contributed by atoms with Gasteiger partial charge in [0, 0.05) is 0 Å². The molecule has 0 fully saturated rings. The van der Waals surface area contributed by atoms with Crippen LogP contribution >= 0.6 is 0 Å². The van der Waals surface area contributed by atoms with Crippen molar-refractivity contribution >= 4 is 11.9 Å². The van der Waals surface area contributed by atoms with Gasteiger partial charge in [-0.05, 0) is 6.92 Å². The van der Waals surface area contributed by atoms with Crippen LogP contribution in [-0.4, -0.2) is 23.7 Å². The summed E-state index contributed by atoms with van der Waals surface area (Å²) in [4.78, 5) is 20.0. The largest absolute Gasteiger partial charge is 1.00 e. The summed E-state index contributed by atoms with van der Waals surface area (Å²) in [5, 5.41) is 8.01. The zero-order valence-corrected chi connectivity index (χ0v) is 7.09. The van der Waals surface area contributed by atoms with Crippen molar-refractivity contribution in [1.29, 1.82) is 0 Å². The Bertz CT molecular complexity index is 134. The Morgan fingerprint density at radius 1 is 1.45 bits per heavy atom. The van der Waals surface area contributed by atoms with Gasteiger partial charge < -0.3 is 12.7 Å². The van der Waals surface area contributed by atoms with E-state index in [9.17, 15) is 9.59 Å². The van der Waals surface area contributed by atoms with Gasteiger partial charge in [0.25, 0.3) is 0 Å². The minimum Gasteiger partial charge on any atom is -1.00 e. The molecular formula is C5H10Li2O4.